The van der Waals surface area contributed by atoms with Crippen molar-refractivity contribution >= 4 is 0 Å². The van der Waals surface area contributed by atoms with E-state index in [9.17, 15) is 0 Å². The molecule has 0 bridgehead atoms. The number of rotatable bonds is 4. The molecule has 2 rings (SSSR count). The molecular formula is C11H17N3. The van der Waals surface area contributed by atoms with Crippen LogP contribution in [-0.4, -0.2) is 11.6 Å². The molecule has 2 aliphatic carbocycles. The molecule has 0 heterocycles. The quantitative estimate of drug-likeness (QED) is 0.630. The Kier molecular flexibility index (Phi) is 2.30. The minimum atomic E-state index is -0.539. The molecule has 2 atom stereocenters. The van der Waals surface area contributed by atoms with Crippen molar-refractivity contribution in [2.45, 2.75) is 51.1 Å². The molecule has 3 nitrogen and oxygen atoms in total. The first-order valence-electron chi connectivity index (χ1n) is 5.49. The summed E-state index contributed by atoms with van der Waals surface area (Å²) in [6, 6.07) is 2.62. The molecule has 2 aliphatic rings. The Morgan fingerprint density at radius 3 is 2.43 bits per heavy atom. The Morgan fingerprint density at radius 1 is 1.36 bits per heavy atom. The highest BCUT2D eigenvalue weighted by molar-refractivity contribution is 5.12. The van der Waals surface area contributed by atoms with Gasteiger partial charge in [-0.3, -0.25) is 0 Å². The highest BCUT2D eigenvalue weighted by atomic mass is 15.2. The fraction of sp³-hybridized carbons (Fsp3) is 0.909. The third-order valence-electron chi connectivity index (χ3n) is 3.35. The predicted molar refractivity (Wildman–Crippen MR) is 53.8 cm³/mol. The Hall–Kier alpha value is -0.910. The Labute approximate surface area is 85.2 Å². The van der Waals surface area contributed by atoms with Gasteiger partial charge in [0.1, 0.15) is 0 Å². The summed E-state index contributed by atoms with van der Waals surface area (Å²) in [4.78, 5) is 0. The maximum absolute atomic E-state index is 9.06. The van der Waals surface area contributed by atoms with Crippen molar-refractivity contribution in [1.82, 2.24) is 0 Å². The summed E-state index contributed by atoms with van der Waals surface area (Å²) in [6.45, 7) is 4.01. The van der Waals surface area contributed by atoms with Crippen molar-refractivity contribution in [3.05, 3.63) is 0 Å². The molecule has 2 unspecified atom stereocenters. The van der Waals surface area contributed by atoms with Gasteiger partial charge in [0, 0.05) is 0 Å². The summed E-state index contributed by atoms with van der Waals surface area (Å²) in [7, 11) is 0. The van der Waals surface area contributed by atoms with Crippen molar-refractivity contribution in [3.8, 4) is 6.07 Å². The Morgan fingerprint density at radius 2 is 2.00 bits per heavy atom. The van der Waals surface area contributed by atoms with E-state index in [1.165, 1.54) is 12.8 Å². The largest absolute Gasteiger partial charge is 0.196 e. The lowest BCUT2D eigenvalue weighted by Gasteiger charge is -2.14. The van der Waals surface area contributed by atoms with Crippen LogP contribution in [0.5, 0.6) is 0 Å². The first-order valence-corrected chi connectivity index (χ1v) is 5.49. The van der Waals surface area contributed by atoms with E-state index in [0.29, 0.717) is 12.0 Å². The van der Waals surface area contributed by atoms with Crippen LogP contribution in [0.3, 0.4) is 0 Å². The standard InChI is InChI=1S/C11H17N3/c1-8(9-3-4-9)13-14-11(2,7-12)10-5-6-10/h8-10H,3-6H2,1-2H3/b14-13+. The lowest BCUT2D eigenvalue weighted by atomic mass is 10.00. The average Bonchev–Trinajstić information content (AvgIpc) is 3.05. The fourth-order valence-electron chi connectivity index (χ4n) is 1.72. The lowest BCUT2D eigenvalue weighted by Crippen LogP contribution is -2.22. The van der Waals surface area contributed by atoms with Gasteiger partial charge in [-0.25, -0.2) is 0 Å². The van der Waals surface area contributed by atoms with E-state index >= 15 is 0 Å². The summed E-state index contributed by atoms with van der Waals surface area (Å²) in [5, 5.41) is 17.6. The van der Waals surface area contributed by atoms with E-state index in [2.05, 4.69) is 23.2 Å². The van der Waals surface area contributed by atoms with Gasteiger partial charge in [0.2, 0.25) is 0 Å². The molecule has 76 valence electrons. The van der Waals surface area contributed by atoms with Crippen molar-refractivity contribution < 1.29 is 0 Å². The number of azo groups is 1. The highest BCUT2D eigenvalue weighted by Gasteiger charge is 2.42. The van der Waals surface area contributed by atoms with Crippen LogP contribution >= 0.6 is 0 Å². The molecule has 0 radical (unpaired) electrons. The van der Waals surface area contributed by atoms with Crippen LogP contribution in [0.1, 0.15) is 39.5 Å². The van der Waals surface area contributed by atoms with E-state index < -0.39 is 5.54 Å². The van der Waals surface area contributed by atoms with E-state index in [4.69, 9.17) is 5.26 Å². The van der Waals surface area contributed by atoms with E-state index in [1.807, 2.05) is 6.92 Å². The van der Waals surface area contributed by atoms with Crippen molar-refractivity contribution in [1.29, 1.82) is 5.26 Å². The van der Waals surface area contributed by atoms with Gasteiger partial charge in [0.05, 0.1) is 12.1 Å². The lowest BCUT2D eigenvalue weighted by molar-refractivity contribution is 0.468. The third kappa shape index (κ3) is 1.95. The van der Waals surface area contributed by atoms with Gasteiger partial charge < -0.3 is 0 Å². The van der Waals surface area contributed by atoms with Gasteiger partial charge in [0.25, 0.3) is 0 Å². The molecular weight excluding hydrogens is 174 g/mol. The topological polar surface area (TPSA) is 48.5 Å². The number of nitrogens with zero attached hydrogens (tertiary/aromatic N) is 3. The van der Waals surface area contributed by atoms with Crippen LogP contribution < -0.4 is 0 Å². The zero-order valence-electron chi connectivity index (χ0n) is 8.90. The second-order valence-corrected chi connectivity index (χ2v) is 4.83. The van der Waals surface area contributed by atoms with Crippen molar-refractivity contribution in [2.75, 3.05) is 0 Å². The summed E-state index contributed by atoms with van der Waals surface area (Å²) in [5.41, 5.74) is -0.539. The zero-order valence-corrected chi connectivity index (χ0v) is 8.90. The molecule has 0 aliphatic heterocycles. The average molecular weight is 191 g/mol. The first kappa shape index (κ1) is 9.64. The van der Waals surface area contributed by atoms with Gasteiger partial charge >= 0.3 is 0 Å². The second-order valence-electron chi connectivity index (χ2n) is 4.83. The maximum atomic E-state index is 9.06. The van der Waals surface area contributed by atoms with E-state index in [1.54, 1.807) is 0 Å². The number of hydrogen-bond acceptors (Lipinski definition) is 3. The summed E-state index contributed by atoms with van der Waals surface area (Å²) in [5.74, 6) is 1.20. The molecule has 14 heavy (non-hydrogen) atoms. The van der Waals surface area contributed by atoms with Crippen molar-refractivity contribution in [2.24, 2.45) is 22.1 Å². The summed E-state index contributed by atoms with van der Waals surface area (Å²) >= 11 is 0. The molecule has 3 heteroatoms. The minimum Gasteiger partial charge on any atom is -0.196 e. The third-order valence-corrected chi connectivity index (χ3v) is 3.35. The Balaban J connectivity index is 1.96. The van der Waals surface area contributed by atoms with Crippen LogP contribution in [-0.2, 0) is 0 Å². The SMILES string of the molecule is CC(/N=N/C(C)(C#N)C1CC1)C1CC1. The molecule has 0 aromatic rings. The monoisotopic (exact) mass is 191 g/mol. The molecule has 0 spiro atoms. The normalized spacial score (nSPS) is 28.4. The molecule has 2 saturated carbocycles. The minimum absolute atomic E-state index is 0.321. The van der Waals surface area contributed by atoms with Crippen LogP contribution in [0.4, 0.5) is 0 Å². The summed E-state index contributed by atoms with van der Waals surface area (Å²) in [6.07, 6.45) is 4.85. The number of nitriles is 1. The fourth-order valence-corrected chi connectivity index (χ4v) is 1.72. The molecule has 2 fully saturated rings. The van der Waals surface area contributed by atoms with Gasteiger partial charge in [-0.15, -0.1) is 0 Å². The van der Waals surface area contributed by atoms with Crippen LogP contribution in [0, 0.1) is 23.2 Å². The van der Waals surface area contributed by atoms with Crippen LogP contribution in [0.2, 0.25) is 0 Å². The van der Waals surface area contributed by atoms with Crippen molar-refractivity contribution in [3.63, 3.8) is 0 Å². The molecule has 0 saturated heterocycles. The highest BCUT2D eigenvalue weighted by Crippen LogP contribution is 2.42. The van der Waals surface area contributed by atoms with Crippen LogP contribution in [0.15, 0.2) is 10.2 Å². The van der Waals surface area contributed by atoms with E-state index in [0.717, 1.165) is 18.8 Å². The smallest absolute Gasteiger partial charge is 0.167 e. The first-order chi connectivity index (χ1) is 6.65. The molecule has 0 N–H and O–H groups in total. The predicted octanol–water partition coefficient (Wildman–Crippen LogP) is 2.93. The molecule has 0 aromatic carbocycles. The maximum Gasteiger partial charge on any atom is 0.167 e. The van der Waals surface area contributed by atoms with E-state index in [-0.39, 0.29) is 0 Å². The molecule has 0 aromatic heterocycles. The zero-order chi connectivity index (χ0) is 10.2. The second kappa shape index (κ2) is 3.34. The van der Waals surface area contributed by atoms with Gasteiger partial charge in [0.15, 0.2) is 5.54 Å². The molecule has 0 amide bonds. The van der Waals surface area contributed by atoms with Crippen LogP contribution in [0.25, 0.3) is 0 Å². The van der Waals surface area contributed by atoms with Gasteiger partial charge in [-0.1, -0.05) is 0 Å². The summed E-state index contributed by atoms with van der Waals surface area (Å²) < 4.78 is 0. The number of hydrogen-bond donors (Lipinski definition) is 0. The van der Waals surface area contributed by atoms with Gasteiger partial charge in [-0.2, -0.15) is 15.5 Å². The van der Waals surface area contributed by atoms with Gasteiger partial charge in [-0.05, 0) is 51.4 Å². The Bertz CT molecular complexity index is 283.